The second-order valence-electron chi connectivity index (χ2n) is 8.66. The molecule has 1 fully saturated rings. The zero-order valence-corrected chi connectivity index (χ0v) is 19.0. The van der Waals surface area contributed by atoms with Gasteiger partial charge < -0.3 is 10.6 Å². The van der Waals surface area contributed by atoms with Crippen molar-refractivity contribution in [1.29, 1.82) is 0 Å². The first kappa shape index (κ1) is 23.3. The molecule has 7 heteroatoms. The van der Waals surface area contributed by atoms with Gasteiger partial charge in [0.05, 0.1) is 12.2 Å². The third-order valence-corrected chi connectivity index (χ3v) is 6.20. The summed E-state index contributed by atoms with van der Waals surface area (Å²) in [5.74, 6) is -0.357. The minimum absolute atomic E-state index is 0.0235. The molecule has 2 N–H and O–H groups in total. The maximum Gasteiger partial charge on any atom is 0.274 e. The molecule has 1 aromatic carbocycles. The van der Waals surface area contributed by atoms with E-state index in [0.717, 1.165) is 36.1 Å². The summed E-state index contributed by atoms with van der Waals surface area (Å²) in [6, 6.07) is 12.7. The van der Waals surface area contributed by atoms with E-state index in [0.29, 0.717) is 30.8 Å². The Balaban J connectivity index is 1.32. The highest BCUT2D eigenvalue weighted by molar-refractivity contribution is 6.03. The van der Waals surface area contributed by atoms with Gasteiger partial charge in [-0.1, -0.05) is 31.2 Å². The van der Waals surface area contributed by atoms with E-state index >= 15 is 0 Å². The lowest BCUT2D eigenvalue weighted by atomic mass is 9.81. The number of carbonyl (C=O) groups excluding carboxylic acids is 3. The number of amides is 2. The van der Waals surface area contributed by atoms with E-state index in [1.807, 2.05) is 30.3 Å². The van der Waals surface area contributed by atoms with Crippen molar-refractivity contribution in [3.63, 3.8) is 0 Å². The standard InChI is InChI=1S/C27H28N4O3/c1-2-26(33)29-22-6-3-5-19(16-22)25(32)15-18-9-11-21(12-10-18)30-27(34)24-8-4-7-23(31-24)20-13-14-28-17-20/h2,4,7-14,19,22H,1,3,5-6,15-17H2,(H,29,33)(H,30,34)/t19-,22+/m1/s1. The molecule has 34 heavy (non-hydrogen) atoms. The lowest BCUT2D eigenvalue weighted by Crippen LogP contribution is -2.39. The number of benzene rings is 1. The van der Waals surface area contributed by atoms with Crippen LogP contribution in [0.4, 0.5) is 5.69 Å². The zero-order valence-electron chi connectivity index (χ0n) is 19.0. The number of pyridine rings is 1. The molecule has 2 amide bonds. The minimum Gasteiger partial charge on any atom is -0.350 e. The number of Topliss-reactive ketones (excluding diaryl/α,β-unsaturated/α-hetero) is 1. The van der Waals surface area contributed by atoms with Crippen LogP contribution in [0.15, 0.2) is 66.2 Å². The highest BCUT2D eigenvalue weighted by Gasteiger charge is 2.27. The summed E-state index contributed by atoms with van der Waals surface area (Å²) in [6.45, 7) is 4.06. The van der Waals surface area contributed by atoms with Gasteiger partial charge in [0.1, 0.15) is 11.5 Å². The number of nitrogens with zero attached hydrogens (tertiary/aromatic N) is 2. The fourth-order valence-corrected chi connectivity index (χ4v) is 4.37. The van der Waals surface area contributed by atoms with Crippen molar-refractivity contribution in [3.8, 4) is 0 Å². The Morgan fingerprint density at radius 3 is 2.65 bits per heavy atom. The zero-order chi connectivity index (χ0) is 23.9. The van der Waals surface area contributed by atoms with E-state index < -0.39 is 0 Å². The van der Waals surface area contributed by atoms with E-state index in [1.54, 1.807) is 24.4 Å². The first-order valence-electron chi connectivity index (χ1n) is 11.5. The summed E-state index contributed by atoms with van der Waals surface area (Å²) in [7, 11) is 0. The monoisotopic (exact) mass is 456 g/mol. The second kappa shape index (κ2) is 10.8. The summed E-state index contributed by atoms with van der Waals surface area (Å²) < 4.78 is 0. The Kier molecular flexibility index (Phi) is 7.42. The van der Waals surface area contributed by atoms with Gasteiger partial charge in [0.15, 0.2) is 0 Å². The minimum atomic E-state index is -0.292. The van der Waals surface area contributed by atoms with Crippen LogP contribution in [-0.2, 0) is 16.0 Å². The van der Waals surface area contributed by atoms with E-state index in [1.165, 1.54) is 6.08 Å². The Labute approximate surface area is 199 Å². The SMILES string of the molecule is C=CC(=O)N[C@H]1CCC[C@@H](C(=O)Cc2ccc(NC(=O)c3cccc(C4=CC=NC4)n3)cc2)C1. The van der Waals surface area contributed by atoms with Crippen LogP contribution in [0.25, 0.3) is 5.57 Å². The van der Waals surface area contributed by atoms with Gasteiger partial charge >= 0.3 is 0 Å². The average Bonchev–Trinajstić information content (AvgIpc) is 3.40. The van der Waals surface area contributed by atoms with Crippen LogP contribution in [0.3, 0.4) is 0 Å². The molecule has 2 atom stereocenters. The normalized spacial score (nSPS) is 19.2. The molecule has 2 aliphatic rings. The van der Waals surface area contributed by atoms with Crippen LogP contribution < -0.4 is 10.6 Å². The van der Waals surface area contributed by atoms with E-state index in [9.17, 15) is 14.4 Å². The number of carbonyl (C=O) groups is 3. The van der Waals surface area contributed by atoms with Crippen molar-refractivity contribution in [2.75, 3.05) is 11.9 Å². The van der Waals surface area contributed by atoms with Gasteiger partial charge in [-0.2, -0.15) is 0 Å². The quantitative estimate of drug-likeness (QED) is 0.591. The second-order valence-corrected chi connectivity index (χ2v) is 8.66. The maximum atomic E-state index is 12.8. The molecule has 1 aliphatic heterocycles. The number of rotatable bonds is 8. The molecule has 7 nitrogen and oxygen atoms in total. The predicted molar refractivity (Wildman–Crippen MR) is 133 cm³/mol. The molecule has 0 saturated heterocycles. The molecular formula is C27H28N4O3. The van der Waals surface area contributed by atoms with Crippen LogP contribution in [-0.4, -0.2) is 41.4 Å². The summed E-state index contributed by atoms with van der Waals surface area (Å²) in [5.41, 5.74) is 3.60. The Hall–Kier alpha value is -3.87. The predicted octanol–water partition coefficient (Wildman–Crippen LogP) is 3.77. The summed E-state index contributed by atoms with van der Waals surface area (Å²) in [5, 5.41) is 5.78. The summed E-state index contributed by atoms with van der Waals surface area (Å²) in [4.78, 5) is 45.7. The van der Waals surface area contributed by atoms with Crippen molar-refractivity contribution < 1.29 is 14.4 Å². The van der Waals surface area contributed by atoms with Gasteiger partial charge in [0, 0.05) is 35.9 Å². The molecule has 0 unspecified atom stereocenters. The number of hydrogen-bond acceptors (Lipinski definition) is 5. The number of ketones is 1. The van der Waals surface area contributed by atoms with Crippen molar-refractivity contribution in [3.05, 3.63) is 78.1 Å². The largest absolute Gasteiger partial charge is 0.350 e. The van der Waals surface area contributed by atoms with Crippen LogP contribution in [0.1, 0.15) is 47.4 Å². The van der Waals surface area contributed by atoms with Crippen LogP contribution in [0, 0.1) is 5.92 Å². The van der Waals surface area contributed by atoms with Gasteiger partial charge in [-0.3, -0.25) is 19.4 Å². The highest BCUT2D eigenvalue weighted by Crippen LogP contribution is 2.26. The number of anilines is 1. The molecular weight excluding hydrogens is 428 g/mol. The number of aromatic nitrogens is 1. The first-order valence-corrected chi connectivity index (χ1v) is 11.5. The lowest BCUT2D eigenvalue weighted by Gasteiger charge is -2.28. The van der Waals surface area contributed by atoms with Gasteiger partial charge in [-0.25, -0.2) is 4.98 Å². The van der Waals surface area contributed by atoms with E-state index in [4.69, 9.17) is 0 Å². The molecule has 1 saturated carbocycles. The van der Waals surface area contributed by atoms with E-state index in [2.05, 4.69) is 27.2 Å². The fraction of sp³-hybridized carbons (Fsp3) is 0.296. The van der Waals surface area contributed by atoms with Gasteiger partial charge in [-0.15, -0.1) is 0 Å². The van der Waals surface area contributed by atoms with Gasteiger partial charge in [-0.05, 0) is 61.2 Å². The lowest BCUT2D eigenvalue weighted by molar-refractivity contribution is -0.124. The molecule has 174 valence electrons. The molecule has 1 aliphatic carbocycles. The Bertz CT molecular complexity index is 1150. The van der Waals surface area contributed by atoms with Gasteiger partial charge in [0.2, 0.25) is 5.91 Å². The summed E-state index contributed by atoms with van der Waals surface area (Å²) >= 11 is 0. The number of hydrogen-bond donors (Lipinski definition) is 2. The third-order valence-electron chi connectivity index (χ3n) is 6.20. The number of aliphatic imine (C=N–C) groups is 1. The number of allylic oxidation sites excluding steroid dienone is 1. The third kappa shape index (κ3) is 5.92. The first-order chi connectivity index (χ1) is 16.5. The molecule has 0 spiro atoms. The Morgan fingerprint density at radius 1 is 1.09 bits per heavy atom. The molecule has 0 bridgehead atoms. The fourth-order valence-electron chi connectivity index (χ4n) is 4.37. The molecule has 2 heterocycles. The topological polar surface area (TPSA) is 101 Å². The van der Waals surface area contributed by atoms with Crippen LogP contribution in [0.2, 0.25) is 0 Å². The van der Waals surface area contributed by atoms with Crippen LogP contribution >= 0.6 is 0 Å². The summed E-state index contributed by atoms with van der Waals surface area (Å²) in [6.07, 6.45) is 8.56. The Morgan fingerprint density at radius 2 is 1.91 bits per heavy atom. The number of nitrogens with one attached hydrogen (secondary N) is 2. The smallest absolute Gasteiger partial charge is 0.274 e. The van der Waals surface area contributed by atoms with Crippen LogP contribution in [0.5, 0.6) is 0 Å². The molecule has 2 aromatic rings. The highest BCUT2D eigenvalue weighted by atomic mass is 16.2. The van der Waals surface area contributed by atoms with Crippen molar-refractivity contribution in [2.45, 2.75) is 38.1 Å². The van der Waals surface area contributed by atoms with Crippen molar-refractivity contribution in [2.24, 2.45) is 10.9 Å². The molecule has 4 rings (SSSR count). The van der Waals surface area contributed by atoms with Gasteiger partial charge in [0.25, 0.3) is 5.91 Å². The molecule has 1 aromatic heterocycles. The van der Waals surface area contributed by atoms with E-state index in [-0.39, 0.29) is 29.6 Å². The van der Waals surface area contributed by atoms with Crippen molar-refractivity contribution >= 4 is 35.1 Å². The van der Waals surface area contributed by atoms with Crippen molar-refractivity contribution in [1.82, 2.24) is 10.3 Å². The average molecular weight is 457 g/mol. The molecule has 0 radical (unpaired) electrons. The maximum absolute atomic E-state index is 12.8.